The van der Waals surface area contributed by atoms with Crippen molar-refractivity contribution in [2.75, 3.05) is 6.61 Å². The normalized spacial score (nSPS) is 12.4. The molecule has 0 aliphatic carbocycles. The quantitative estimate of drug-likeness (QED) is 0.772. The molecular formula is C12H16O2. The zero-order valence-corrected chi connectivity index (χ0v) is 8.44. The predicted octanol–water partition coefficient (Wildman–Crippen LogP) is 1.82. The molecule has 0 heterocycles. The summed E-state index contributed by atoms with van der Waals surface area (Å²) in [6, 6.07) is 9.92. The molecule has 0 aromatic heterocycles. The maximum Gasteiger partial charge on any atom is 0.138 e. The van der Waals surface area contributed by atoms with E-state index in [9.17, 15) is 4.79 Å². The molecule has 2 nitrogen and oxygen atoms in total. The zero-order valence-electron chi connectivity index (χ0n) is 8.44. The molecule has 1 N–H and O–H groups in total. The number of hydrogen-bond acceptors (Lipinski definition) is 2. The van der Waals surface area contributed by atoms with Gasteiger partial charge in [-0.25, -0.2) is 0 Å². The SMILES string of the molecule is CC(CO)C(=O)CCc1ccccc1. The van der Waals surface area contributed by atoms with Gasteiger partial charge in [0.1, 0.15) is 5.78 Å². The molecule has 76 valence electrons. The molecule has 14 heavy (non-hydrogen) atoms. The maximum atomic E-state index is 11.4. The predicted molar refractivity (Wildman–Crippen MR) is 56.0 cm³/mol. The molecule has 0 amide bonds. The molecule has 0 aliphatic heterocycles. The van der Waals surface area contributed by atoms with Gasteiger partial charge in [-0.15, -0.1) is 0 Å². The summed E-state index contributed by atoms with van der Waals surface area (Å²) in [6.07, 6.45) is 1.29. The third-order valence-electron chi connectivity index (χ3n) is 2.33. The monoisotopic (exact) mass is 192 g/mol. The highest BCUT2D eigenvalue weighted by atomic mass is 16.3. The number of aryl methyl sites for hydroxylation is 1. The summed E-state index contributed by atoms with van der Waals surface area (Å²) in [5, 5.41) is 8.78. The first kappa shape index (κ1) is 10.9. The van der Waals surface area contributed by atoms with Crippen LogP contribution in [0.4, 0.5) is 0 Å². The summed E-state index contributed by atoms with van der Waals surface area (Å²) in [5.41, 5.74) is 1.17. The van der Waals surface area contributed by atoms with Crippen molar-refractivity contribution in [2.45, 2.75) is 19.8 Å². The summed E-state index contributed by atoms with van der Waals surface area (Å²) >= 11 is 0. The highest BCUT2D eigenvalue weighted by Gasteiger charge is 2.10. The molecule has 0 saturated carbocycles. The van der Waals surface area contributed by atoms with Gasteiger partial charge >= 0.3 is 0 Å². The lowest BCUT2D eigenvalue weighted by molar-refractivity contribution is -0.123. The van der Waals surface area contributed by atoms with Gasteiger partial charge in [0.15, 0.2) is 0 Å². The van der Waals surface area contributed by atoms with Gasteiger partial charge in [0.25, 0.3) is 0 Å². The van der Waals surface area contributed by atoms with Gasteiger partial charge in [-0.2, -0.15) is 0 Å². The number of Topliss-reactive ketones (excluding diaryl/α,β-unsaturated/α-hetero) is 1. The van der Waals surface area contributed by atoms with E-state index in [0.717, 1.165) is 6.42 Å². The third-order valence-corrected chi connectivity index (χ3v) is 2.33. The molecule has 0 aliphatic rings. The second-order valence-corrected chi connectivity index (χ2v) is 3.54. The van der Waals surface area contributed by atoms with Gasteiger partial charge < -0.3 is 5.11 Å². The molecule has 0 fully saturated rings. The van der Waals surface area contributed by atoms with Gasteiger partial charge in [-0.1, -0.05) is 37.3 Å². The van der Waals surface area contributed by atoms with Crippen molar-refractivity contribution in [1.82, 2.24) is 0 Å². The molecule has 1 aromatic rings. The van der Waals surface area contributed by atoms with Crippen LogP contribution < -0.4 is 0 Å². The number of aliphatic hydroxyl groups is 1. The van der Waals surface area contributed by atoms with Gasteiger partial charge in [-0.3, -0.25) is 4.79 Å². The molecule has 1 aromatic carbocycles. The number of hydrogen-bond donors (Lipinski definition) is 1. The second-order valence-electron chi connectivity index (χ2n) is 3.54. The van der Waals surface area contributed by atoms with Crippen LogP contribution in [0.2, 0.25) is 0 Å². The lowest BCUT2D eigenvalue weighted by atomic mass is 10.0. The van der Waals surface area contributed by atoms with Crippen LogP contribution in [0.5, 0.6) is 0 Å². The Kier molecular flexibility index (Phi) is 4.33. The molecule has 0 spiro atoms. The van der Waals surface area contributed by atoms with E-state index in [2.05, 4.69) is 0 Å². The zero-order chi connectivity index (χ0) is 10.4. The van der Waals surface area contributed by atoms with Gasteiger partial charge in [0, 0.05) is 12.3 Å². The highest BCUT2D eigenvalue weighted by molar-refractivity contribution is 5.80. The van der Waals surface area contributed by atoms with Crippen molar-refractivity contribution in [2.24, 2.45) is 5.92 Å². The van der Waals surface area contributed by atoms with Crippen molar-refractivity contribution in [3.05, 3.63) is 35.9 Å². The van der Waals surface area contributed by atoms with Gasteiger partial charge in [0.2, 0.25) is 0 Å². The van der Waals surface area contributed by atoms with Crippen LogP contribution in [0.3, 0.4) is 0 Å². The number of carbonyl (C=O) groups is 1. The fourth-order valence-corrected chi connectivity index (χ4v) is 1.26. The Morgan fingerprint density at radius 1 is 1.36 bits per heavy atom. The van der Waals surface area contributed by atoms with Crippen LogP contribution in [0.15, 0.2) is 30.3 Å². The van der Waals surface area contributed by atoms with Crippen LogP contribution in [0, 0.1) is 5.92 Å². The van der Waals surface area contributed by atoms with Crippen molar-refractivity contribution in [3.8, 4) is 0 Å². The van der Waals surface area contributed by atoms with Crippen molar-refractivity contribution >= 4 is 5.78 Å². The number of aliphatic hydroxyl groups excluding tert-OH is 1. The fourth-order valence-electron chi connectivity index (χ4n) is 1.26. The molecule has 0 saturated heterocycles. The summed E-state index contributed by atoms with van der Waals surface area (Å²) in [5.74, 6) is -0.0879. The third kappa shape index (κ3) is 3.30. The van der Waals surface area contributed by atoms with E-state index in [1.807, 2.05) is 30.3 Å². The lowest BCUT2D eigenvalue weighted by Gasteiger charge is -2.06. The topological polar surface area (TPSA) is 37.3 Å². The van der Waals surface area contributed by atoms with Crippen molar-refractivity contribution < 1.29 is 9.90 Å². The Hall–Kier alpha value is -1.15. The van der Waals surface area contributed by atoms with E-state index in [4.69, 9.17) is 5.11 Å². The molecule has 1 rings (SSSR count). The summed E-state index contributed by atoms with van der Waals surface area (Å²) in [6.45, 7) is 1.71. The average Bonchev–Trinajstić information content (AvgIpc) is 2.26. The van der Waals surface area contributed by atoms with Crippen LogP contribution >= 0.6 is 0 Å². The first-order valence-corrected chi connectivity index (χ1v) is 4.91. The van der Waals surface area contributed by atoms with E-state index >= 15 is 0 Å². The van der Waals surface area contributed by atoms with Crippen LogP contribution in [0.25, 0.3) is 0 Å². The van der Waals surface area contributed by atoms with E-state index in [1.165, 1.54) is 5.56 Å². The highest BCUT2D eigenvalue weighted by Crippen LogP contribution is 2.06. The number of rotatable bonds is 5. The van der Waals surface area contributed by atoms with Gasteiger partial charge in [-0.05, 0) is 12.0 Å². The molecular weight excluding hydrogens is 176 g/mol. The van der Waals surface area contributed by atoms with E-state index in [-0.39, 0.29) is 18.3 Å². The Morgan fingerprint density at radius 3 is 2.57 bits per heavy atom. The van der Waals surface area contributed by atoms with Gasteiger partial charge in [0.05, 0.1) is 6.61 Å². The minimum atomic E-state index is -0.223. The first-order chi connectivity index (χ1) is 6.74. The fraction of sp³-hybridized carbons (Fsp3) is 0.417. The Labute approximate surface area is 84.6 Å². The smallest absolute Gasteiger partial charge is 0.138 e. The van der Waals surface area contributed by atoms with Crippen molar-refractivity contribution in [3.63, 3.8) is 0 Å². The Morgan fingerprint density at radius 2 is 2.00 bits per heavy atom. The average molecular weight is 192 g/mol. The van der Waals surface area contributed by atoms with E-state index < -0.39 is 0 Å². The van der Waals surface area contributed by atoms with Crippen LogP contribution in [0.1, 0.15) is 18.9 Å². The molecule has 1 unspecified atom stereocenters. The Bertz CT molecular complexity index is 280. The first-order valence-electron chi connectivity index (χ1n) is 4.91. The minimum absolute atomic E-state index is 0.0480. The summed E-state index contributed by atoms with van der Waals surface area (Å²) < 4.78 is 0. The maximum absolute atomic E-state index is 11.4. The standard InChI is InChI=1S/C12H16O2/c1-10(9-13)12(14)8-7-11-5-3-2-4-6-11/h2-6,10,13H,7-9H2,1H3. The van der Waals surface area contributed by atoms with Crippen LogP contribution in [-0.2, 0) is 11.2 Å². The number of ketones is 1. The second kappa shape index (κ2) is 5.55. The molecule has 0 bridgehead atoms. The minimum Gasteiger partial charge on any atom is -0.396 e. The molecule has 1 atom stereocenters. The summed E-state index contributed by atoms with van der Waals surface area (Å²) in [4.78, 5) is 11.4. The number of benzene rings is 1. The largest absolute Gasteiger partial charge is 0.396 e. The Balaban J connectivity index is 2.38. The molecule has 2 heteroatoms. The van der Waals surface area contributed by atoms with Crippen molar-refractivity contribution in [1.29, 1.82) is 0 Å². The van der Waals surface area contributed by atoms with Crippen LogP contribution in [-0.4, -0.2) is 17.5 Å². The number of carbonyl (C=O) groups excluding carboxylic acids is 1. The molecule has 0 radical (unpaired) electrons. The lowest BCUT2D eigenvalue weighted by Crippen LogP contribution is -2.15. The van der Waals surface area contributed by atoms with E-state index in [0.29, 0.717) is 6.42 Å². The summed E-state index contributed by atoms with van der Waals surface area (Å²) in [7, 11) is 0. The van der Waals surface area contributed by atoms with E-state index in [1.54, 1.807) is 6.92 Å².